The van der Waals surface area contributed by atoms with Gasteiger partial charge < -0.3 is 15.1 Å². The molecule has 146 valence electrons. The fourth-order valence-electron chi connectivity index (χ4n) is 3.31. The van der Waals surface area contributed by atoms with E-state index in [2.05, 4.69) is 20.3 Å². The molecule has 2 heterocycles. The summed E-state index contributed by atoms with van der Waals surface area (Å²) >= 11 is 0. The molecular weight excluding hydrogens is 350 g/mol. The second kappa shape index (κ2) is 8.83. The molecule has 1 N–H and O–H groups in total. The molecule has 3 rings (SSSR count). The second-order valence-corrected chi connectivity index (χ2v) is 6.67. The highest BCUT2D eigenvalue weighted by molar-refractivity contribution is 5.80. The first-order valence-corrected chi connectivity index (χ1v) is 9.20. The van der Waals surface area contributed by atoms with Crippen molar-refractivity contribution in [3.63, 3.8) is 0 Å². The molecule has 0 spiro atoms. The molecule has 1 aromatic heterocycles. The predicted octanol–water partition coefficient (Wildman–Crippen LogP) is 2.03. The summed E-state index contributed by atoms with van der Waals surface area (Å²) in [5.74, 6) is 0.0447. The van der Waals surface area contributed by atoms with Gasteiger partial charge in [-0.1, -0.05) is 0 Å². The van der Waals surface area contributed by atoms with Crippen LogP contribution in [0.1, 0.15) is 12.0 Å². The Balaban J connectivity index is 1.46. The maximum Gasteiger partial charge on any atom is 0.193 e. The summed E-state index contributed by atoms with van der Waals surface area (Å²) < 4.78 is 29.2. The Bertz CT molecular complexity index is 780. The normalized spacial score (nSPS) is 15.3. The Morgan fingerprint density at radius 3 is 2.67 bits per heavy atom. The minimum Gasteiger partial charge on any atom is -0.366 e. The molecule has 0 atom stereocenters. The maximum absolute atomic E-state index is 14.0. The van der Waals surface area contributed by atoms with Crippen LogP contribution in [-0.2, 0) is 13.5 Å². The number of rotatable bonds is 5. The molecule has 0 saturated carbocycles. The topological polar surface area (TPSA) is 48.7 Å². The third kappa shape index (κ3) is 4.96. The van der Waals surface area contributed by atoms with Crippen LogP contribution in [-0.4, -0.2) is 60.4 Å². The number of guanidine groups is 1. The highest BCUT2D eigenvalue weighted by atomic mass is 19.1. The van der Waals surface area contributed by atoms with Gasteiger partial charge in [0.1, 0.15) is 11.6 Å². The summed E-state index contributed by atoms with van der Waals surface area (Å²) in [6.07, 6.45) is 5.86. The van der Waals surface area contributed by atoms with Crippen molar-refractivity contribution in [2.45, 2.75) is 12.8 Å². The summed E-state index contributed by atoms with van der Waals surface area (Å²) in [6, 6.07) is 3.59. The van der Waals surface area contributed by atoms with Crippen LogP contribution in [0.4, 0.5) is 14.5 Å². The number of nitrogens with zero attached hydrogens (tertiary/aromatic N) is 5. The van der Waals surface area contributed by atoms with Gasteiger partial charge in [-0.3, -0.25) is 9.67 Å². The molecule has 1 saturated heterocycles. The highest BCUT2D eigenvalue weighted by Gasteiger charge is 2.21. The molecule has 1 aliphatic rings. The Labute approximate surface area is 158 Å². The molecule has 8 heteroatoms. The lowest BCUT2D eigenvalue weighted by atomic mass is 10.2. The van der Waals surface area contributed by atoms with E-state index in [9.17, 15) is 8.78 Å². The summed E-state index contributed by atoms with van der Waals surface area (Å²) in [4.78, 5) is 8.38. The van der Waals surface area contributed by atoms with Crippen molar-refractivity contribution < 1.29 is 8.78 Å². The van der Waals surface area contributed by atoms with Gasteiger partial charge in [0.15, 0.2) is 5.96 Å². The van der Waals surface area contributed by atoms with Crippen LogP contribution in [0.3, 0.4) is 0 Å². The van der Waals surface area contributed by atoms with Crippen LogP contribution in [0, 0.1) is 11.6 Å². The van der Waals surface area contributed by atoms with Crippen molar-refractivity contribution in [1.29, 1.82) is 0 Å². The van der Waals surface area contributed by atoms with Gasteiger partial charge in [-0.25, -0.2) is 8.78 Å². The van der Waals surface area contributed by atoms with E-state index in [1.807, 2.05) is 29.0 Å². The molecular formula is C19H26F2N6. The van der Waals surface area contributed by atoms with Gasteiger partial charge >= 0.3 is 0 Å². The van der Waals surface area contributed by atoms with Crippen LogP contribution >= 0.6 is 0 Å². The van der Waals surface area contributed by atoms with Crippen molar-refractivity contribution in [2.24, 2.45) is 12.0 Å². The van der Waals surface area contributed by atoms with Crippen LogP contribution < -0.4 is 10.2 Å². The van der Waals surface area contributed by atoms with Crippen molar-refractivity contribution in [2.75, 3.05) is 44.7 Å². The fraction of sp³-hybridized carbons (Fsp3) is 0.474. The third-order valence-electron chi connectivity index (χ3n) is 4.72. The van der Waals surface area contributed by atoms with E-state index < -0.39 is 5.82 Å². The number of aromatic nitrogens is 2. The molecule has 1 aliphatic heterocycles. The summed E-state index contributed by atoms with van der Waals surface area (Å²) in [7, 11) is 3.68. The number of aliphatic imine (C=N–C) groups is 1. The van der Waals surface area contributed by atoms with Crippen molar-refractivity contribution in [1.82, 2.24) is 20.0 Å². The SMILES string of the molecule is CN=C(NCCCc1cnn(C)c1)N1CCN(c2cc(F)ccc2F)CC1. The number of hydrogen-bond acceptors (Lipinski definition) is 3. The Morgan fingerprint density at radius 1 is 1.22 bits per heavy atom. The van der Waals surface area contributed by atoms with Crippen molar-refractivity contribution in [3.8, 4) is 0 Å². The van der Waals surface area contributed by atoms with Gasteiger partial charge in [0.2, 0.25) is 0 Å². The van der Waals surface area contributed by atoms with E-state index in [-0.39, 0.29) is 5.82 Å². The van der Waals surface area contributed by atoms with E-state index >= 15 is 0 Å². The van der Waals surface area contributed by atoms with E-state index in [4.69, 9.17) is 0 Å². The Kier molecular flexibility index (Phi) is 6.26. The number of piperazine rings is 1. The zero-order valence-corrected chi connectivity index (χ0v) is 15.8. The molecule has 0 aliphatic carbocycles. The zero-order chi connectivity index (χ0) is 19.2. The van der Waals surface area contributed by atoms with Gasteiger partial charge in [0, 0.05) is 59.1 Å². The number of anilines is 1. The number of nitrogens with one attached hydrogen (secondary N) is 1. The van der Waals surface area contributed by atoms with Crippen molar-refractivity contribution >= 4 is 11.6 Å². The average molecular weight is 376 g/mol. The highest BCUT2D eigenvalue weighted by Crippen LogP contribution is 2.21. The lowest BCUT2D eigenvalue weighted by Crippen LogP contribution is -2.52. The third-order valence-corrected chi connectivity index (χ3v) is 4.72. The van der Waals surface area contributed by atoms with Crippen LogP contribution in [0.2, 0.25) is 0 Å². The van der Waals surface area contributed by atoms with E-state index in [0.717, 1.165) is 31.4 Å². The van der Waals surface area contributed by atoms with Gasteiger partial charge in [0.25, 0.3) is 0 Å². The molecule has 1 aromatic carbocycles. The quantitative estimate of drug-likeness (QED) is 0.493. The fourth-order valence-corrected chi connectivity index (χ4v) is 3.31. The first-order chi connectivity index (χ1) is 13.1. The van der Waals surface area contributed by atoms with Crippen molar-refractivity contribution in [3.05, 3.63) is 47.8 Å². The van der Waals surface area contributed by atoms with Crippen LogP contribution in [0.15, 0.2) is 35.6 Å². The second-order valence-electron chi connectivity index (χ2n) is 6.67. The molecule has 0 bridgehead atoms. The molecule has 1 fully saturated rings. The molecule has 2 aromatic rings. The van der Waals surface area contributed by atoms with Gasteiger partial charge in [-0.15, -0.1) is 0 Å². The van der Waals surface area contributed by atoms with E-state index in [0.29, 0.717) is 31.9 Å². The Hall–Kier alpha value is -2.64. The lowest BCUT2D eigenvalue weighted by Gasteiger charge is -2.37. The zero-order valence-electron chi connectivity index (χ0n) is 15.8. The largest absolute Gasteiger partial charge is 0.366 e. The standard InChI is InChI=1S/C19H26F2N6/c1-22-19(23-7-3-4-15-13-24-25(2)14-15)27-10-8-26(9-11-27)18-12-16(20)5-6-17(18)21/h5-6,12-14H,3-4,7-11H2,1-2H3,(H,22,23). The number of halogens is 2. The number of aryl methyl sites for hydroxylation is 2. The van der Waals surface area contributed by atoms with E-state index in [1.165, 1.54) is 17.7 Å². The Morgan fingerprint density at radius 2 is 2.00 bits per heavy atom. The summed E-state index contributed by atoms with van der Waals surface area (Å²) in [6.45, 7) is 3.48. The maximum atomic E-state index is 14.0. The first kappa shape index (κ1) is 19.1. The number of hydrogen-bond donors (Lipinski definition) is 1. The monoisotopic (exact) mass is 376 g/mol. The molecule has 27 heavy (non-hydrogen) atoms. The minimum atomic E-state index is -0.417. The lowest BCUT2D eigenvalue weighted by molar-refractivity contribution is 0.370. The summed E-state index contributed by atoms with van der Waals surface area (Å²) in [5, 5.41) is 7.56. The molecule has 6 nitrogen and oxygen atoms in total. The number of benzene rings is 1. The predicted molar refractivity (Wildman–Crippen MR) is 103 cm³/mol. The smallest absolute Gasteiger partial charge is 0.193 e. The average Bonchev–Trinajstić information content (AvgIpc) is 3.09. The van der Waals surface area contributed by atoms with Crippen LogP contribution in [0.25, 0.3) is 0 Å². The van der Waals surface area contributed by atoms with E-state index in [1.54, 1.807) is 7.05 Å². The molecule has 0 radical (unpaired) electrons. The molecule has 0 amide bonds. The van der Waals surface area contributed by atoms with Crippen LogP contribution in [0.5, 0.6) is 0 Å². The summed E-state index contributed by atoms with van der Waals surface area (Å²) in [5.41, 5.74) is 1.55. The first-order valence-electron chi connectivity index (χ1n) is 9.20. The molecule has 0 unspecified atom stereocenters. The van der Waals surface area contributed by atoms with Gasteiger partial charge in [0.05, 0.1) is 11.9 Å². The van der Waals surface area contributed by atoms with Gasteiger partial charge in [-0.05, 0) is 30.5 Å². The minimum absolute atomic E-state index is 0.328. The van der Waals surface area contributed by atoms with Gasteiger partial charge in [-0.2, -0.15) is 5.10 Å².